The summed E-state index contributed by atoms with van der Waals surface area (Å²) in [6, 6.07) is 18.0. The highest BCUT2D eigenvalue weighted by molar-refractivity contribution is 5.40. The van der Waals surface area contributed by atoms with E-state index in [2.05, 4.69) is 74.2 Å². The Hall–Kier alpha value is -2.20. The van der Waals surface area contributed by atoms with Crippen LogP contribution in [0, 0.1) is 17.3 Å². The largest absolute Gasteiger partial charge is 0.494 e. The first-order chi connectivity index (χ1) is 15.2. The molecule has 3 saturated carbocycles. The Balaban J connectivity index is 1.37. The molecule has 2 bridgehead atoms. The van der Waals surface area contributed by atoms with Gasteiger partial charge >= 0.3 is 0 Å². The van der Waals surface area contributed by atoms with Crippen LogP contribution in [-0.4, -0.2) is 6.61 Å². The molecule has 0 aromatic heterocycles. The van der Waals surface area contributed by atoms with Crippen LogP contribution in [0.4, 0.5) is 0 Å². The van der Waals surface area contributed by atoms with Crippen LogP contribution in [0.2, 0.25) is 0 Å². The van der Waals surface area contributed by atoms with Crippen molar-refractivity contribution in [1.82, 2.24) is 0 Å². The highest BCUT2D eigenvalue weighted by atomic mass is 16.5. The Labute approximate surface area is 189 Å². The van der Waals surface area contributed by atoms with Crippen molar-refractivity contribution >= 4 is 0 Å². The molecule has 0 spiro atoms. The van der Waals surface area contributed by atoms with Gasteiger partial charge in [0.25, 0.3) is 0 Å². The van der Waals surface area contributed by atoms with Crippen LogP contribution in [0.5, 0.6) is 5.75 Å². The van der Waals surface area contributed by atoms with E-state index in [1.807, 2.05) is 0 Å². The first-order valence-corrected chi connectivity index (χ1v) is 12.5. The van der Waals surface area contributed by atoms with Gasteiger partial charge in [0, 0.05) is 11.0 Å². The van der Waals surface area contributed by atoms with E-state index >= 15 is 0 Å². The van der Waals surface area contributed by atoms with Gasteiger partial charge in [-0.15, -0.1) is 0 Å². The first kappa shape index (κ1) is 22.0. The van der Waals surface area contributed by atoms with Gasteiger partial charge in [-0.25, -0.2) is 0 Å². The molecule has 3 aliphatic carbocycles. The lowest BCUT2D eigenvalue weighted by atomic mass is 9.52. The van der Waals surface area contributed by atoms with Crippen LogP contribution < -0.4 is 4.74 Å². The van der Waals surface area contributed by atoms with Crippen LogP contribution in [0.1, 0.15) is 94.7 Å². The summed E-state index contributed by atoms with van der Waals surface area (Å²) in [4.78, 5) is 0. The molecule has 1 nitrogen and oxygen atoms in total. The van der Waals surface area contributed by atoms with Crippen molar-refractivity contribution in [2.24, 2.45) is 5.41 Å². The van der Waals surface area contributed by atoms with E-state index < -0.39 is 0 Å². The zero-order valence-electron chi connectivity index (χ0n) is 19.5. The number of unbranched alkanes of at least 4 members (excludes halogenated alkanes) is 2. The second-order valence-electron chi connectivity index (χ2n) is 9.84. The van der Waals surface area contributed by atoms with Crippen molar-refractivity contribution in [2.75, 3.05) is 6.61 Å². The molecule has 0 heterocycles. The number of fused-ring (bicyclic) bond motifs is 3. The Bertz CT molecular complexity index is 870. The van der Waals surface area contributed by atoms with Crippen LogP contribution >= 0.6 is 0 Å². The van der Waals surface area contributed by atoms with Crippen LogP contribution in [0.25, 0.3) is 0 Å². The maximum atomic E-state index is 5.69. The third-order valence-corrected chi connectivity index (χ3v) is 7.68. The molecular weight excluding hydrogens is 376 g/mol. The van der Waals surface area contributed by atoms with Gasteiger partial charge in [-0.1, -0.05) is 62.8 Å². The molecule has 0 saturated heterocycles. The smallest absolute Gasteiger partial charge is 0.119 e. The molecule has 5 rings (SSSR count). The summed E-state index contributed by atoms with van der Waals surface area (Å²) in [7, 11) is 0. The molecule has 0 radical (unpaired) electrons. The molecule has 0 N–H and O–H groups in total. The lowest BCUT2D eigenvalue weighted by molar-refractivity contribution is 0.0865. The van der Waals surface area contributed by atoms with Gasteiger partial charge in [0.15, 0.2) is 0 Å². The summed E-state index contributed by atoms with van der Waals surface area (Å²) in [6.45, 7) is 5.18. The van der Waals surface area contributed by atoms with E-state index in [0.29, 0.717) is 5.41 Å². The fourth-order valence-corrected chi connectivity index (χ4v) is 5.47. The van der Waals surface area contributed by atoms with Gasteiger partial charge in [-0.3, -0.25) is 0 Å². The van der Waals surface area contributed by atoms with Crippen molar-refractivity contribution in [3.8, 4) is 17.6 Å². The fourth-order valence-electron chi connectivity index (χ4n) is 5.47. The molecule has 0 amide bonds. The zero-order chi connectivity index (χ0) is 21.6. The van der Waals surface area contributed by atoms with Crippen molar-refractivity contribution in [3.05, 3.63) is 65.2 Å². The number of ether oxygens (including phenoxy) is 1. The Kier molecular flexibility index (Phi) is 7.06. The minimum Gasteiger partial charge on any atom is -0.494 e. The summed E-state index contributed by atoms with van der Waals surface area (Å²) in [5, 5.41) is 0. The summed E-state index contributed by atoms with van der Waals surface area (Å²) < 4.78 is 5.69. The maximum Gasteiger partial charge on any atom is 0.119 e. The molecule has 3 fully saturated rings. The van der Waals surface area contributed by atoms with Crippen molar-refractivity contribution < 1.29 is 4.74 Å². The van der Waals surface area contributed by atoms with Crippen molar-refractivity contribution in [3.63, 3.8) is 0 Å². The molecular formula is C30H38O. The lowest BCUT2D eigenvalue weighted by Gasteiger charge is -2.51. The molecule has 2 aromatic carbocycles. The summed E-state index contributed by atoms with van der Waals surface area (Å²) in [6.07, 6.45) is 13.8. The molecule has 164 valence electrons. The normalized spacial score (nSPS) is 24.5. The average molecular weight is 415 g/mol. The summed E-state index contributed by atoms with van der Waals surface area (Å²) >= 11 is 0. The van der Waals surface area contributed by atoms with Crippen LogP contribution in [0.15, 0.2) is 48.5 Å². The third kappa shape index (κ3) is 5.17. The second-order valence-corrected chi connectivity index (χ2v) is 9.84. The highest BCUT2D eigenvalue weighted by Crippen LogP contribution is 2.57. The molecule has 0 atom stereocenters. The van der Waals surface area contributed by atoms with Crippen molar-refractivity contribution in [1.29, 1.82) is 0 Å². The number of hydrogen-bond donors (Lipinski definition) is 0. The van der Waals surface area contributed by atoms with E-state index in [1.165, 1.54) is 69.8 Å². The number of hydrogen-bond acceptors (Lipinski definition) is 1. The van der Waals surface area contributed by atoms with Gasteiger partial charge in [0.1, 0.15) is 5.75 Å². The maximum absolute atomic E-state index is 5.69. The number of rotatable bonds is 8. The number of aryl methyl sites for hydroxylation is 1. The van der Waals surface area contributed by atoms with E-state index in [1.54, 1.807) is 5.56 Å². The quantitative estimate of drug-likeness (QED) is 0.316. The molecule has 2 aromatic rings. The average Bonchev–Trinajstić information content (AvgIpc) is 2.84. The molecule has 3 aliphatic rings. The Morgan fingerprint density at radius 1 is 0.774 bits per heavy atom. The summed E-state index contributed by atoms with van der Waals surface area (Å²) in [5.41, 5.74) is 4.84. The predicted molar refractivity (Wildman–Crippen MR) is 131 cm³/mol. The molecule has 0 aliphatic heterocycles. The fraction of sp³-hybridized carbons (Fsp3) is 0.533. The van der Waals surface area contributed by atoms with Gasteiger partial charge in [-0.2, -0.15) is 0 Å². The Morgan fingerprint density at radius 2 is 1.45 bits per heavy atom. The second kappa shape index (κ2) is 9.95. The van der Waals surface area contributed by atoms with Crippen LogP contribution in [-0.2, 0) is 11.8 Å². The molecule has 1 heteroatoms. The number of benzene rings is 2. The lowest BCUT2D eigenvalue weighted by Crippen LogP contribution is -2.43. The minimum absolute atomic E-state index is 0.235. The van der Waals surface area contributed by atoms with Gasteiger partial charge in [0.2, 0.25) is 0 Å². The van der Waals surface area contributed by atoms with E-state index in [0.717, 1.165) is 24.3 Å². The molecule has 0 unspecified atom stereocenters. The summed E-state index contributed by atoms with van der Waals surface area (Å²) in [5.74, 6) is 8.16. The third-order valence-electron chi connectivity index (χ3n) is 7.68. The van der Waals surface area contributed by atoms with Gasteiger partial charge in [-0.05, 0) is 98.6 Å². The van der Waals surface area contributed by atoms with E-state index in [9.17, 15) is 0 Å². The minimum atomic E-state index is 0.235. The Morgan fingerprint density at radius 3 is 2.06 bits per heavy atom. The zero-order valence-corrected chi connectivity index (χ0v) is 19.5. The van der Waals surface area contributed by atoms with Gasteiger partial charge in [0.05, 0.1) is 6.61 Å². The van der Waals surface area contributed by atoms with Gasteiger partial charge < -0.3 is 4.74 Å². The van der Waals surface area contributed by atoms with E-state index in [-0.39, 0.29) is 5.41 Å². The topological polar surface area (TPSA) is 9.23 Å². The standard InChI is InChI=1S/C30H38O/c1-3-5-6-7-25-8-12-27(13-9-25)30-21-18-29(19-22-30,20-23-30)17-16-26-10-14-28(15-11-26)31-24-4-2/h8-15H,3-7,18-24H2,1-2H3. The monoisotopic (exact) mass is 414 g/mol. The van der Waals surface area contributed by atoms with E-state index in [4.69, 9.17) is 4.74 Å². The molecule has 31 heavy (non-hydrogen) atoms. The van der Waals surface area contributed by atoms with Crippen molar-refractivity contribution in [2.45, 2.75) is 89.9 Å². The predicted octanol–water partition coefficient (Wildman–Crippen LogP) is 7.85. The first-order valence-electron chi connectivity index (χ1n) is 12.5. The SMILES string of the molecule is CCCCCc1ccc(C23CCC(C#Cc4ccc(OCCC)cc4)(CC2)CC3)cc1. The van der Waals surface area contributed by atoms with Crippen LogP contribution in [0.3, 0.4) is 0 Å². The highest BCUT2D eigenvalue weighted by Gasteiger charge is 2.48.